The summed E-state index contributed by atoms with van der Waals surface area (Å²) in [5, 5.41) is 5.69. The molecule has 1 amide bonds. The highest BCUT2D eigenvalue weighted by atomic mass is 32.1. The summed E-state index contributed by atoms with van der Waals surface area (Å²) in [5.41, 5.74) is 2.63. The van der Waals surface area contributed by atoms with Gasteiger partial charge in [-0.05, 0) is 23.9 Å². The fourth-order valence-corrected chi connectivity index (χ4v) is 5.30. The van der Waals surface area contributed by atoms with Crippen molar-refractivity contribution in [2.24, 2.45) is 0 Å². The van der Waals surface area contributed by atoms with E-state index in [0.29, 0.717) is 6.54 Å². The van der Waals surface area contributed by atoms with Crippen LogP contribution in [0.2, 0.25) is 0 Å². The van der Waals surface area contributed by atoms with Crippen LogP contribution in [0.4, 0.5) is 5.13 Å². The number of thiophene rings is 1. The third kappa shape index (κ3) is 4.43. The number of nitrogens with zero attached hydrogens (tertiary/aromatic N) is 3. The Balaban J connectivity index is 1.37. The lowest BCUT2D eigenvalue weighted by Crippen LogP contribution is -2.39. The monoisotopic (exact) mass is 453 g/mol. The third-order valence-corrected chi connectivity index (χ3v) is 7.14. The molecule has 3 aromatic heterocycles. The molecule has 0 saturated carbocycles. The Kier molecular flexibility index (Phi) is 6.13. The average molecular weight is 454 g/mol. The first-order valence-electron chi connectivity index (χ1n) is 10.4. The third-order valence-electron chi connectivity index (χ3n) is 5.42. The van der Waals surface area contributed by atoms with Crippen LogP contribution in [0.3, 0.4) is 0 Å². The largest absolute Gasteiger partial charge is 0.464 e. The minimum Gasteiger partial charge on any atom is -0.464 e. The molecule has 8 heteroatoms. The Labute approximate surface area is 188 Å². The normalized spacial score (nSPS) is 14.8. The van der Waals surface area contributed by atoms with E-state index < -0.39 is 0 Å². The van der Waals surface area contributed by atoms with Gasteiger partial charge in [-0.2, -0.15) is 0 Å². The van der Waals surface area contributed by atoms with Crippen LogP contribution >= 0.6 is 22.7 Å². The van der Waals surface area contributed by atoms with Crippen LogP contribution in [0.5, 0.6) is 0 Å². The second-order valence-corrected chi connectivity index (χ2v) is 9.19. The van der Waals surface area contributed by atoms with Crippen molar-refractivity contribution in [2.75, 3.05) is 44.3 Å². The number of hydrogen-bond donors (Lipinski definition) is 0. The van der Waals surface area contributed by atoms with E-state index in [-0.39, 0.29) is 5.91 Å². The number of rotatable bonds is 7. The summed E-state index contributed by atoms with van der Waals surface area (Å²) in [6, 6.07) is 11.7. The number of para-hydroxylation sites is 1. The Morgan fingerprint density at radius 1 is 1.13 bits per heavy atom. The molecule has 5 rings (SSSR count). The molecular weight excluding hydrogens is 430 g/mol. The zero-order valence-corrected chi connectivity index (χ0v) is 18.7. The summed E-state index contributed by atoms with van der Waals surface area (Å²) in [6.45, 7) is 5.05. The van der Waals surface area contributed by atoms with Crippen molar-refractivity contribution in [1.29, 1.82) is 0 Å². The van der Waals surface area contributed by atoms with Gasteiger partial charge < -0.3 is 9.15 Å². The topological polar surface area (TPSA) is 58.8 Å². The molecule has 0 N–H and O–H groups in total. The van der Waals surface area contributed by atoms with E-state index in [1.54, 1.807) is 6.26 Å². The van der Waals surface area contributed by atoms with E-state index in [9.17, 15) is 4.79 Å². The molecule has 160 valence electrons. The van der Waals surface area contributed by atoms with E-state index in [2.05, 4.69) is 4.90 Å². The van der Waals surface area contributed by atoms with Crippen molar-refractivity contribution < 1.29 is 13.9 Å². The second kappa shape index (κ2) is 9.32. The molecule has 0 aliphatic carbocycles. The number of carbonyl (C=O) groups is 1. The van der Waals surface area contributed by atoms with Crippen LogP contribution in [-0.4, -0.2) is 55.2 Å². The van der Waals surface area contributed by atoms with Crippen molar-refractivity contribution in [2.45, 2.75) is 6.42 Å². The molecular formula is C23H23N3O3S2. The summed E-state index contributed by atoms with van der Waals surface area (Å²) in [7, 11) is 0. The molecule has 0 unspecified atom stereocenters. The first kappa shape index (κ1) is 20.4. The molecule has 1 aromatic carbocycles. The van der Waals surface area contributed by atoms with E-state index in [4.69, 9.17) is 14.1 Å². The SMILES string of the molecule is O=C(c1cccs1)N(CCCN1CCOCC1)c1nc(-c2coc3ccccc23)cs1. The van der Waals surface area contributed by atoms with Gasteiger partial charge in [0.05, 0.1) is 23.8 Å². The van der Waals surface area contributed by atoms with Gasteiger partial charge in [-0.15, -0.1) is 22.7 Å². The maximum Gasteiger partial charge on any atom is 0.270 e. The van der Waals surface area contributed by atoms with Gasteiger partial charge in [0.25, 0.3) is 5.91 Å². The first-order valence-corrected chi connectivity index (χ1v) is 12.1. The molecule has 0 radical (unpaired) electrons. The minimum absolute atomic E-state index is 0.00919. The number of morpholine rings is 1. The predicted molar refractivity (Wildman–Crippen MR) is 125 cm³/mol. The van der Waals surface area contributed by atoms with Crippen LogP contribution in [0.15, 0.2) is 57.8 Å². The highest BCUT2D eigenvalue weighted by Crippen LogP contribution is 2.34. The summed E-state index contributed by atoms with van der Waals surface area (Å²) in [5.74, 6) is 0.00919. The Bertz CT molecular complexity index is 1150. The molecule has 1 aliphatic rings. The predicted octanol–water partition coefficient (Wildman–Crippen LogP) is 4.99. The van der Waals surface area contributed by atoms with E-state index in [0.717, 1.165) is 71.5 Å². The number of benzene rings is 1. The summed E-state index contributed by atoms with van der Waals surface area (Å²) in [6.07, 6.45) is 2.63. The number of hydrogen-bond acceptors (Lipinski definition) is 7. The molecule has 0 spiro atoms. The Morgan fingerprint density at radius 3 is 2.84 bits per heavy atom. The van der Waals surface area contributed by atoms with Crippen LogP contribution in [0, 0.1) is 0 Å². The van der Waals surface area contributed by atoms with Gasteiger partial charge in [-0.25, -0.2) is 4.98 Å². The Morgan fingerprint density at radius 2 is 2.00 bits per heavy atom. The average Bonchev–Trinajstić information content (AvgIpc) is 3.57. The number of aromatic nitrogens is 1. The lowest BCUT2D eigenvalue weighted by molar-refractivity contribution is 0.0376. The number of ether oxygens (including phenoxy) is 1. The summed E-state index contributed by atoms with van der Waals surface area (Å²) in [4.78, 5) is 23.0. The Hall–Kier alpha value is -2.52. The fraction of sp³-hybridized carbons (Fsp3) is 0.304. The number of carbonyl (C=O) groups excluding carboxylic acids is 1. The van der Waals surface area contributed by atoms with E-state index >= 15 is 0 Å². The van der Waals surface area contributed by atoms with Gasteiger partial charge in [0, 0.05) is 42.5 Å². The molecule has 31 heavy (non-hydrogen) atoms. The van der Waals surface area contributed by atoms with Crippen molar-refractivity contribution in [3.05, 3.63) is 58.3 Å². The van der Waals surface area contributed by atoms with Gasteiger partial charge >= 0.3 is 0 Å². The smallest absolute Gasteiger partial charge is 0.270 e. The van der Waals surface area contributed by atoms with E-state index in [1.807, 2.05) is 52.1 Å². The minimum atomic E-state index is 0.00919. The second-order valence-electron chi connectivity index (χ2n) is 7.40. The van der Waals surface area contributed by atoms with Gasteiger partial charge in [-0.3, -0.25) is 14.6 Å². The number of anilines is 1. The van der Waals surface area contributed by atoms with E-state index in [1.165, 1.54) is 22.7 Å². The molecule has 1 aliphatic heterocycles. The number of fused-ring (bicyclic) bond motifs is 1. The molecule has 6 nitrogen and oxygen atoms in total. The summed E-state index contributed by atoms with van der Waals surface area (Å²) >= 11 is 2.97. The molecule has 0 bridgehead atoms. The van der Waals surface area contributed by atoms with Crippen molar-refractivity contribution >= 4 is 44.7 Å². The molecule has 4 heterocycles. The van der Waals surface area contributed by atoms with Crippen molar-refractivity contribution in [3.8, 4) is 11.3 Å². The number of furan rings is 1. The highest BCUT2D eigenvalue weighted by molar-refractivity contribution is 7.14. The molecule has 0 atom stereocenters. The van der Waals surface area contributed by atoms with Gasteiger partial charge in [0.15, 0.2) is 5.13 Å². The molecule has 1 fully saturated rings. The number of thiazole rings is 1. The van der Waals surface area contributed by atoms with Crippen LogP contribution in [0.1, 0.15) is 16.1 Å². The first-order chi connectivity index (χ1) is 15.3. The maximum absolute atomic E-state index is 13.2. The van der Waals surface area contributed by atoms with Crippen LogP contribution < -0.4 is 4.90 Å². The van der Waals surface area contributed by atoms with Crippen LogP contribution in [0.25, 0.3) is 22.2 Å². The summed E-state index contributed by atoms with van der Waals surface area (Å²) < 4.78 is 11.1. The highest BCUT2D eigenvalue weighted by Gasteiger charge is 2.23. The zero-order valence-electron chi connectivity index (χ0n) is 17.0. The lowest BCUT2D eigenvalue weighted by atomic mass is 10.1. The fourth-order valence-electron chi connectivity index (χ4n) is 3.78. The van der Waals surface area contributed by atoms with Crippen molar-refractivity contribution in [3.63, 3.8) is 0 Å². The van der Waals surface area contributed by atoms with Gasteiger partial charge in [0.1, 0.15) is 11.8 Å². The van der Waals surface area contributed by atoms with Crippen LogP contribution in [-0.2, 0) is 4.74 Å². The van der Waals surface area contributed by atoms with Gasteiger partial charge in [-0.1, -0.05) is 24.3 Å². The quantitative estimate of drug-likeness (QED) is 0.395. The maximum atomic E-state index is 13.2. The lowest BCUT2D eigenvalue weighted by Gasteiger charge is -2.27. The molecule has 4 aromatic rings. The number of amides is 1. The molecule has 1 saturated heterocycles. The van der Waals surface area contributed by atoms with Gasteiger partial charge in [0.2, 0.25) is 0 Å². The zero-order chi connectivity index (χ0) is 21.0. The van der Waals surface area contributed by atoms with Crippen molar-refractivity contribution in [1.82, 2.24) is 9.88 Å². The standard InChI is InChI=1S/C23H23N3O3S2/c27-22(21-7-3-14-30-21)26(9-4-8-25-10-12-28-13-11-25)23-24-19(16-31-23)18-15-29-20-6-2-1-5-17(18)20/h1-3,5-7,14-16H,4,8-13H2.